The molecule has 106 valence electrons. The van der Waals surface area contributed by atoms with Crippen LogP contribution in [0.4, 0.5) is 0 Å². The summed E-state index contributed by atoms with van der Waals surface area (Å²) in [5, 5.41) is 5.20. The van der Waals surface area contributed by atoms with Gasteiger partial charge in [-0.15, -0.1) is 22.7 Å². The summed E-state index contributed by atoms with van der Waals surface area (Å²) in [5.74, 6) is -0.210. The zero-order valence-electron chi connectivity index (χ0n) is 11.1. The van der Waals surface area contributed by atoms with Gasteiger partial charge in [-0.05, 0) is 30.8 Å². The molecule has 1 fully saturated rings. The van der Waals surface area contributed by atoms with Crippen molar-refractivity contribution in [2.75, 3.05) is 6.54 Å². The molecule has 20 heavy (non-hydrogen) atoms. The molecule has 2 N–H and O–H groups in total. The smallest absolute Gasteiger partial charge is 0.234 e. The quantitative estimate of drug-likeness (QED) is 0.945. The first-order valence-corrected chi connectivity index (χ1v) is 8.51. The largest absolute Gasteiger partial charge is 0.368 e. The Morgan fingerprint density at radius 1 is 1.45 bits per heavy atom. The molecule has 1 aliphatic heterocycles. The molecule has 1 unspecified atom stereocenters. The maximum Gasteiger partial charge on any atom is 0.234 e. The lowest BCUT2D eigenvalue weighted by atomic mass is 10.0. The van der Waals surface area contributed by atoms with Gasteiger partial charge in [-0.2, -0.15) is 0 Å². The molecule has 0 radical (unpaired) electrons. The number of amides is 1. The number of nitrogens with two attached hydrogens (primary N) is 1. The number of thiazole rings is 1. The second-order valence-corrected chi connectivity index (χ2v) is 6.81. The third kappa shape index (κ3) is 2.92. The molecule has 0 aromatic carbocycles. The van der Waals surface area contributed by atoms with Gasteiger partial charge in [-0.1, -0.05) is 12.5 Å². The van der Waals surface area contributed by atoms with Crippen LogP contribution in [0.15, 0.2) is 22.9 Å². The van der Waals surface area contributed by atoms with E-state index in [9.17, 15) is 4.79 Å². The Morgan fingerprint density at radius 3 is 3.10 bits per heavy atom. The van der Waals surface area contributed by atoms with Crippen LogP contribution < -0.4 is 5.73 Å². The van der Waals surface area contributed by atoms with Crippen LogP contribution in [-0.4, -0.2) is 28.4 Å². The molecule has 2 aromatic rings. The summed E-state index contributed by atoms with van der Waals surface area (Å²) in [7, 11) is 0. The summed E-state index contributed by atoms with van der Waals surface area (Å²) in [5.41, 5.74) is 6.53. The van der Waals surface area contributed by atoms with E-state index in [-0.39, 0.29) is 11.9 Å². The normalized spacial score (nSPS) is 20.1. The number of rotatable bonds is 4. The number of piperidine rings is 1. The van der Waals surface area contributed by atoms with Gasteiger partial charge in [-0.3, -0.25) is 9.69 Å². The van der Waals surface area contributed by atoms with Gasteiger partial charge in [0.1, 0.15) is 5.01 Å². The van der Waals surface area contributed by atoms with E-state index in [1.54, 1.807) is 22.7 Å². The molecule has 1 amide bonds. The topological polar surface area (TPSA) is 59.2 Å². The minimum absolute atomic E-state index is 0.129. The van der Waals surface area contributed by atoms with Gasteiger partial charge >= 0.3 is 0 Å². The molecule has 3 rings (SSSR count). The molecule has 0 spiro atoms. The van der Waals surface area contributed by atoms with Crippen LogP contribution in [0.5, 0.6) is 0 Å². The first-order chi connectivity index (χ1) is 9.74. The predicted octanol–water partition coefficient (Wildman–Crippen LogP) is 2.71. The van der Waals surface area contributed by atoms with Crippen LogP contribution in [0, 0.1) is 0 Å². The standard InChI is InChI=1S/C14H17N3OS2/c15-13(18)11-4-1-2-6-17(11)8-10-9-20-14(16-10)12-5-3-7-19-12/h3,5,7,9,11H,1-2,4,6,8H2,(H2,15,18). The summed E-state index contributed by atoms with van der Waals surface area (Å²) in [6.07, 6.45) is 3.09. The molecule has 0 bridgehead atoms. The summed E-state index contributed by atoms with van der Waals surface area (Å²) in [6.45, 7) is 1.65. The molecular formula is C14H17N3OS2. The Kier molecular flexibility index (Phi) is 4.14. The van der Waals surface area contributed by atoms with Gasteiger partial charge in [0, 0.05) is 11.9 Å². The van der Waals surface area contributed by atoms with E-state index in [1.807, 2.05) is 6.07 Å². The molecular weight excluding hydrogens is 290 g/mol. The highest BCUT2D eigenvalue weighted by molar-refractivity contribution is 7.20. The van der Waals surface area contributed by atoms with Crippen molar-refractivity contribution in [3.8, 4) is 9.88 Å². The predicted molar refractivity (Wildman–Crippen MR) is 82.7 cm³/mol. The molecule has 1 atom stereocenters. The van der Waals surface area contributed by atoms with Crippen LogP contribution in [0.25, 0.3) is 9.88 Å². The first-order valence-electron chi connectivity index (χ1n) is 6.75. The lowest BCUT2D eigenvalue weighted by Gasteiger charge is -2.32. The number of carbonyl (C=O) groups is 1. The molecule has 4 nitrogen and oxygen atoms in total. The Bertz CT molecular complexity index is 579. The van der Waals surface area contributed by atoms with E-state index < -0.39 is 0 Å². The summed E-state index contributed by atoms with van der Waals surface area (Å²) < 4.78 is 0. The SMILES string of the molecule is NC(=O)C1CCCCN1Cc1csc(-c2cccs2)n1. The second kappa shape index (κ2) is 6.03. The number of primary amides is 1. The number of likely N-dealkylation sites (tertiary alicyclic amines) is 1. The van der Waals surface area contributed by atoms with Crippen molar-refractivity contribution in [1.82, 2.24) is 9.88 Å². The summed E-state index contributed by atoms with van der Waals surface area (Å²) in [6, 6.07) is 3.99. The van der Waals surface area contributed by atoms with E-state index >= 15 is 0 Å². The lowest BCUT2D eigenvalue weighted by molar-refractivity contribution is -0.124. The fraction of sp³-hybridized carbons (Fsp3) is 0.429. The highest BCUT2D eigenvalue weighted by atomic mass is 32.1. The summed E-state index contributed by atoms with van der Waals surface area (Å²) >= 11 is 3.36. The van der Waals surface area contributed by atoms with Gasteiger partial charge < -0.3 is 5.73 Å². The Hall–Kier alpha value is -1.24. The van der Waals surface area contributed by atoms with Gasteiger partial charge in [0.25, 0.3) is 0 Å². The van der Waals surface area contributed by atoms with Crippen molar-refractivity contribution in [2.45, 2.75) is 31.8 Å². The molecule has 0 saturated carbocycles. The van der Waals surface area contributed by atoms with Crippen LogP contribution in [0.1, 0.15) is 25.0 Å². The van der Waals surface area contributed by atoms with Crippen LogP contribution >= 0.6 is 22.7 Å². The molecule has 2 aromatic heterocycles. The van der Waals surface area contributed by atoms with Crippen molar-refractivity contribution in [2.24, 2.45) is 5.73 Å². The highest BCUT2D eigenvalue weighted by Crippen LogP contribution is 2.29. The molecule has 3 heterocycles. The fourth-order valence-electron chi connectivity index (χ4n) is 2.60. The highest BCUT2D eigenvalue weighted by Gasteiger charge is 2.27. The number of hydrogen-bond acceptors (Lipinski definition) is 5. The number of hydrogen-bond donors (Lipinski definition) is 1. The Labute approximate surface area is 126 Å². The minimum atomic E-state index is -0.210. The summed E-state index contributed by atoms with van der Waals surface area (Å²) in [4.78, 5) is 19.6. The fourth-order valence-corrected chi connectivity index (χ4v) is 4.23. The lowest BCUT2D eigenvalue weighted by Crippen LogP contribution is -2.47. The maximum absolute atomic E-state index is 11.5. The molecule has 6 heteroatoms. The van der Waals surface area contributed by atoms with Crippen molar-refractivity contribution in [3.63, 3.8) is 0 Å². The number of aromatic nitrogens is 1. The van der Waals surface area contributed by atoms with Crippen LogP contribution in [0.3, 0.4) is 0 Å². The Morgan fingerprint density at radius 2 is 2.35 bits per heavy atom. The maximum atomic E-state index is 11.5. The van der Waals surface area contributed by atoms with Crippen molar-refractivity contribution >= 4 is 28.6 Å². The third-order valence-corrected chi connectivity index (χ3v) is 5.52. The van der Waals surface area contributed by atoms with Crippen molar-refractivity contribution in [3.05, 3.63) is 28.6 Å². The van der Waals surface area contributed by atoms with Gasteiger partial charge in [-0.25, -0.2) is 4.98 Å². The van der Waals surface area contributed by atoms with Crippen LogP contribution in [0.2, 0.25) is 0 Å². The van der Waals surface area contributed by atoms with Gasteiger partial charge in [0.2, 0.25) is 5.91 Å². The number of thiophene rings is 1. The molecule has 1 aliphatic rings. The number of nitrogens with zero attached hydrogens (tertiary/aromatic N) is 2. The third-order valence-electron chi connectivity index (χ3n) is 3.59. The zero-order chi connectivity index (χ0) is 13.9. The van der Waals surface area contributed by atoms with E-state index in [4.69, 9.17) is 5.73 Å². The first kappa shape index (κ1) is 13.7. The average molecular weight is 307 g/mol. The van der Waals surface area contributed by atoms with Crippen molar-refractivity contribution < 1.29 is 4.79 Å². The van der Waals surface area contributed by atoms with Gasteiger partial charge in [0.05, 0.1) is 16.6 Å². The van der Waals surface area contributed by atoms with E-state index in [0.717, 1.165) is 43.1 Å². The average Bonchev–Trinajstić information content (AvgIpc) is 3.09. The Balaban J connectivity index is 1.72. The zero-order valence-corrected chi connectivity index (χ0v) is 12.8. The minimum Gasteiger partial charge on any atom is -0.368 e. The molecule has 1 saturated heterocycles. The van der Waals surface area contributed by atoms with Gasteiger partial charge in [0.15, 0.2) is 0 Å². The second-order valence-electron chi connectivity index (χ2n) is 5.01. The van der Waals surface area contributed by atoms with Crippen molar-refractivity contribution in [1.29, 1.82) is 0 Å². The van der Waals surface area contributed by atoms with E-state index in [0.29, 0.717) is 0 Å². The number of carbonyl (C=O) groups excluding carboxylic acids is 1. The molecule has 0 aliphatic carbocycles. The monoisotopic (exact) mass is 307 g/mol. The van der Waals surface area contributed by atoms with Crippen LogP contribution in [-0.2, 0) is 11.3 Å². The van der Waals surface area contributed by atoms with E-state index in [1.165, 1.54) is 4.88 Å². The van der Waals surface area contributed by atoms with E-state index in [2.05, 4.69) is 26.7 Å².